The summed E-state index contributed by atoms with van der Waals surface area (Å²) in [6.45, 7) is 5.60. The second kappa shape index (κ2) is 8.28. The van der Waals surface area contributed by atoms with Gasteiger partial charge in [0.15, 0.2) is 0 Å². The van der Waals surface area contributed by atoms with Crippen molar-refractivity contribution >= 4 is 17.8 Å². The lowest BCUT2D eigenvalue weighted by Gasteiger charge is -2.37. The van der Waals surface area contributed by atoms with Gasteiger partial charge in [-0.2, -0.15) is 11.8 Å². The van der Waals surface area contributed by atoms with Crippen molar-refractivity contribution in [2.45, 2.75) is 69.8 Å². The second-order valence-corrected chi connectivity index (χ2v) is 7.92. The summed E-state index contributed by atoms with van der Waals surface area (Å²) in [7, 11) is 0. The highest BCUT2D eigenvalue weighted by Crippen LogP contribution is 2.29. The molecule has 2 aliphatic rings. The topological polar surface area (TPSA) is 52.6 Å². The van der Waals surface area contributed by atoms with E-state index in [2.05, 4.69) is 12.2 Å². The van der Waals surface area contributed by atoms with Gasteiger partial charge in [0.05, 0.1) is 6.10 Å². The maximum Gasteiger partial charge on any atom is 0.317 e. The molecule has 122 valence electrons. The molecule has 1 aliphatic carbocycles. The van der Waals surface area contributed by atoms with Gasteiger partial charge < -0.3 is 15.3 Å². The van der Waals surface area contributed by atoms with Gasteiger partial charge in [-0.15, -0.1) is 0 Å². The normalized spacial score (nSPS) is 29.2. The summed E-state index contributed by atoms with van der Waals surface area (Å²) in [4.78, 5) is 14.4. The van der Waals surface area contributed by atoms with Crippen LogP contribution in [0.15, 0.2) is 0 Å². The van der Waals surface area contributed by atoms with Gasteiger partial charge in [0.1, 0.15) is 0 Å². The Morgan fingerprint density at radius 1 is 1.29 bits per heavy atom. The number of hydrogen-bond acceptors (Lipinski definition) is 3. The van der Waals surface area contributed by atoms with Crippen molar-refractivity contribution in [1.29, 1.82) is 0 Å². The smallest absolute Gasteiger partial charge is 0.317 e. The Hall–Kier alpha value is -0.420. The molecule has 5 heteroatoms. The maximum atomic E-state index is 12.4. The fourth-order valence-corrected chi connectivity index (χ4v) is 4.71. The van der Waals surface area contributed by atoms with Crippen LogP contribution in [-0.2, 0) is 0 Å². The molecule has 1 saturated heterocycles. The zero-order chi connectivity index (χ0) is 15.2. The van der Waals surface area contributed by atoms with E-state index in [0.717, 1.165) is 38.1 Å². The van der Waals surface area contributed by atoms with Crippen LogP contribution in [0.3, 0.4) is 0 Å². The third-order valence-corrected chi connectivity index (χ3v) is 6.23. The van der Waals surface area contributed by atoms with Crippen LogP contribution in [0.4, 0.5) is 4.79 Å². The number of hydrogen-bond donors (Lipinski definition) is 2. The van der Waals surface area contributed by atoms with Crippen LogP contribution in [0, 0.1) is 5.92 Å². The van der Waals surface area contributed by atoms with Crippen molar-refractivity contribution < 1.29 is 9.90 Å². The highest BCUT2D eigenvalue weighted by atomic mass is 32.2. The summed E-state index contributed by atoms with van der Waals surface area (Å²) in [6.07, 6.45) is 6.46. The average molecular weight is 314 g/mol. The van der Waals surface area contributed by atoms with Crippen LogP contribution in [0.25, 0.3) is 0 Å². The van der Waals surface area contributed by atoms with Crippen LogP contribution in [0.2, 0.25) is 0 Å². The largest absolute Gasteiger partial charge is 0.393 e. The van der Waals surface area contributed by atoms with Crippen LogP contribution in [0.1, 0.15) is 52.4 Å². The first-order valence-corrected chi connectivity index (χ1v) is 9.51. The van der Waals surface area contributed by atoms with Crippen LogP contribution < -0.4 is 5.32 Å². The predicted molar refractivity (Wildman–Crippen MR) is 88.7 cm³/mol. The number of nitrogens with zero attached hydrogens (tertiary/aromatic N) is 1. The van der Waals surface area contributed by atoms with Gasteiger partial charge in [-0.05, 0) is 44.3 Å². The summed E-state index contributed by atoms with van der Waals surface area (Å²) < 4.78 is 0. The fourth-order valence-electron chi connectivity index (χ4n) is 3.51. The maximum absolute atomic E-state index is 12.4. The molecule has 0 aromatic heterocycles. The van der Waals surface area contributed by atoms with Crippen molar-refractivity contribution in [1.82, 2.24) is 10.2 Å². The molecule has 2 amide bonds. The van der Waals surface area contributed by atoms with Gasteiger partial charge in [0, 0.05) is 24.4 Å². The van der Waals surface area contributed by atoms with Crippen molar-refractivity contribution in [2.75, 3.05) is 18.8 Å². The minimum Gasteiger partial charge on any atom is -0.393 e. The van der Waals surface area contributed by atoms with Crippen LogP contribution >= 0.6 is 11.8 Å². The third-order valence-electron chi connectivity index (χ3n) is 4.90. The minimum atomic E-state index is -0.251. The van der Waals surface area contributed by atoms with E-state index in [0.29, 0.717) is 17.2 Å². The van der Waals surface area contributed by atoms with Gasteiger partial charge in [-0.3, -0.25) is 0 Å². The van der Waals surface area contributed by atoms with Crippen molar-refractivity contribution in [3.63, 3.8) is 0 Å². The fraction of sp³-hybridized carbons (Fsp3) is 0.938. The van der Waals surface area contributed by atoms with E-state index in [1.54, 1.807) is 0 Å². The Kier molecular flexibility index (Phi) is 6.68. The lowest BCUT2D eigenvalue weighted by atomic mass is 9.92. The van der Waals surface area contributed by atoms with Crippen molar-refractivity contribution in [2.24, 2.45) is 5.92 Å². The molecule has 0 aromatic rings. The van der Waals surface area contributed by atoms with Crippen molar-refractivity contribution in [3.8, 4) is 0 Å². The SMILES string of the molecule is CCSC1CCCCC1NC(=O)N1CCC(C(C)O)CC1. The molecule has 1 aliphatic heterocycles. The zero-order valence-electron chi connectivity index (χ0n) is 13.4. The second-order valence-electron chi connectivity index (χ2n) is 6.40. The Morgan fingerprint density at radius 2 is 1.95 bits per heavy atom. The molecular formula is C16H30N2O2S. The molecule has 2 rings (SSSR count). The van der Waals surface area contributed by atoms with E-state index < -0.39 is 0 Å². The molecule has 2 fully saturated rings. The summed E-state index contributed by atoms with van der Waals surface area (Å²) in [5.74, 6) is 1.48. The van der Waals surface area contributed by atoms with Gasteiger partial charge in [0.2, 0.25) is 0 Å². The van der Waals surface area contributed by atoms with Gasteiger partial charge in [-0.1, -0.05) is 19.8 Å². The van der Waals surface area contributed by atoms with Gasteiger partial charge in [0.25, 0.3) is 0 Å². The molecule has 0 radical (unpaired) electrons. The van der Waals surface area contributed by atoms with Gasteiger partial charge >= 0.3 is 6.03 Å². The van der Waals surface area contributed by atoms with Crippen molar-refractivity contribution in [3.05, 3.63) is 0 Å². The third kappa shape index (κ3) is 4.78. The van der Waals surface area contributed by atoms with Crippen LogP contribution in [0.5, 0.6) is 0 Å². The Balaban J connectivity index is 1.80. The highest BCUT2D eigenvalue weighted by molar-refractivity contribution is 7.99. The molecule has 0 bridgehead atoms. The number of aliphatic hydroxyl groups is 1. The number of aliphatic hydroxyl groups excluding tert-OH is 1. The Morgan fingerprint density at radius 3 is 2.57 bits per heavy atom. The molecule has 1 heterocycles. The predicted octanol–water partition coefficient (Wildman–Crippen LogP) is 2.85. The molecular weight excluding hydrogens is 284 g/mol. The number of nitrogens with one attached hydrogen (secondary N) is 1. The number of likely N-dealkylation sites (tertiary alicyclic amines) is 1. The average Bonchev–Trinajstić information content (AvgIpc) is 2.49. The molecule has 21 heavy (non-hydrogen) atoms. The Labute approximate surface area is 133 Å². The summed E-state index contributed by atoms with van der Waals surface area (Å²) in [6, 6.07) is 0.443. The number of carbonyl (C=O) groups is 1. The quantitative estimate of drug-likeness (QED) is 0.839. The number of thioether (sulfide) groups is 1. The molecule has 0 spiro atoms. The molecule has 1 saturated carbocycles. The minimum absolute atomic E-state index is 0.104. The van der Waals surface area contributed by atoms with E-state index in [1.165, 1.54) is 19.3 Å². The zero-order valence-corrected chi connectivity index (χ0v) is 14.2. The lowest BCUT2D eigenvalue weighted by molar-refractivity contribution is 0.0790. The first-order chi connectivity index (χ1) is 10.1. The molecule has 0 aromatic carbocycles. The van der Waals surface area contributed by atoms with E-state index >= 15 is 0 Å². The Bertz CT molecular complexity index is 328. The molecule has 3 unspecified atom stereocenters. The van der Waals surface area contributed by atoms with E-state index in [1.807, 2.05) is 23.6 Å². The highest BCUT2D eigenvalue weighted by Gasteiger charge is 2.30. The standard InChI is InChI=1S/C16H30N2O2S/c1-3-21-15-7-5-4-6-14(15)17-16(20)18-10-8-13(9-11-18)12(2)19/h12-15,19H,3-11H2,1-2H3,(H,17,20). The van der Waals surface area contributed by atoms with Crippen LogP contribution in [-0.4, -0.2) is 52.3 Å². The number of urea groups is 1. The monoisotopic (exact) mass is 314 g/mol. The number of carbonyl (C=O) groups excluding carboxylic acids is 1. The number of piperidine rings is 1. The molecule has 4 nitrogen and oxygen atoms in total. The summed E-state index contributed by atoms with van der Waals surface area (Å²) in [5.41, 5.74) is 0. The van der Waals surface area contributed by atoms with E-state index in [9.17, 15) is 9.90 Å². The summed E-state index contributed by atoms with van der Waals surface area (Å²) in [5, 5.41) is 13.5. The number of rotatable bonds is 4. The first-order valence-electron chi connectivity index (χ1n) is 8.47. The summed E-state index contributed by atoms with van der Waals surface area (Å²) >= 11 is 1.99. The lowest BCUT2D eigenvalue weighted by Crippen LogP contribution is -2.52. The van der Waals surface area contributed by atoms with Gasteiger partial charge in [-0.25, -0.2) is 4.79 Å². The first kappa shape index (κ1) is 16.9. The molecule has 2 N–H and O–H groups in total. The van der Waals surface area contributed by atoms with E-state index in [4.69, 9.17) is 0 Å². The molecule has 3 atom stereocenters. The van der Waals surface area contributed by atoms with E-state index in [-0.39, 0.29) is 12.1 Å². The number of amides is 2.